The van der Waals surface area contributed by atoms with E-state index in [2.05, 4.69) is 63.6 Å². The van der Waals surface area contributed by atoms with Crippen molar-refractivity contribution in [1.29, 1.82) is 0 Å². The SMILES string of the molecule is C=C[C@@H]1C[C@H](C(=O)OC)[C@@H]([Si](C)(C)c2ccccc2)[C@@H]1CS(=O)(=O)c1ccc(C)cc1.C=C[C@H]1C[C@@H](C(=O)OC)[C@H]([Si](C)(C)c2ccccc2)[C@H]1CS(=O)(=O)c1ccc(C)cc1. The molecule has 6 rings (SSSR count). The van der Waals surface area contributed by atoms with E-state index in [1.54, 1.807) is 24.3 Å². The van der Waals surface area contributed by atoms with Crippen molar-refractivity contribution in [1.82, 2.24) is 0 Å². The molecule has 8 atom stereocenters. The van der Waals surface area contributed by atoms with E-state index in [0.717, 1.165) is 11.1 Å². The number of ether oxygens (including phenoxy) is 2. The lowest BCUT2D eigenvalue weighted by Gasteiger charge is -2.38. The van der Waals surface area contributed by atoms with Crippen LogP contribution in [0.1, 0.15) is 24.0 Å². The Morgan fingerprint density at radius 3 is 1.15 bits per heavy atom. The van der Waals surface area contributed by atoms with E-state index in [9.17, 15) is 26.4 Å². The standard InChI is InChI=1S/2C25H32O4SSi/c2*1-6-19-16-22(25(26)29-3)24(31(4,5)21-10-8-7-9-11-21)23(19)17-30(27,28)20-14-12-18(2)13-15-20/h2*6-15,19,22-24H,1,16-17H2,2-5H3/t2*19-,22+,23-,24-/m10/s1. The quantitative estimate of drug-likeness (QED) is 0.0700. The predicted molar refractivity (Wildman–Crippen MR) is 256 cm³/mol. The number of carbonyl (C=O) groups excluding carboxylic acids is 2. The lowest BCUT2D eigenvalue weighted by Crippen LogP contribution is -2.51. The summed E-state index contributed by atoms with van der Waals surface area (Å²) in [5.41, 5.74) is 1.91. The van der Waals surface area contributed by atoms with E-state index in [1.807, 2.05) is 86.7 Å². The second-order valence-corrected chi connectivity index (χ2v) is 31.7. The Morgan fingerprint density at radius 1 is 0.565 bits per heavy atom. The summed E-state index contributed by atoms with van der Waals surface area (Å²) in [4.78, 5) is 26.3. The molecule has 332 valence electrons. The molecule has 0 aromatic heterocycles. The van der Waals surface area contributed by atoms with Crippen LogP contribution in [-0.4, -0.2) is 70.6 Å². The highest BCUT2D eigenvalue weighted by molar-refractivity contribution is 7.91. The summed E-state index contributed by atoms with van der Waals surface area (Å²) in [6, 6.07) is 34.4. The predicted octanol–water partition coefficient (Wildman–Crippen LogP) is 8.73. The molecule has 2 aliphatic rings. The molecule has 2 saturated carbocycles. The fraction of sp³-hybridized carbons (Fsp3) is 0.400. The summed E-state index contributed by atoms with van der Waals surface area (Å²) >= 11 is 0. The highest BCUT2D eigenvalue weighted by Crippen LogP contribution is 2.54. The minimum absolute atomic E-state index is 0.00811. The molecule has 62 heavy (non-hydrogen) atoms. The van der Waals surface area contributed by atoms with E-state index in [1.165, 1.54) is 24.6 Å². The van der Waals surface area contributed by atoms with Gasteiger partial charge in [-0.15, -0.1) is 13.2 Å². The molecule has 0 spiro atoms. The summed E-state index contributed by atoms with van der Waals surface area (Å²) in [6.45, 7) is 20.8. The Kier molecular flexibility index (Phi) is 15.7. The van der Waals surface area contributed by atoms with Crippen molar-refractivity contribution < 1.29 is 35.9 Å². The number of hydrogen-bond acceptors (Lipinski definition) is 8. The van der Waals surface area contributed by atoms with Crippen LogP contribution in [0, 0.1) is 49.4 Å². The Balaban J connectivity index is 0.000000234. The molecule has 0 bridgehead atoms. The molecule has 0 unspecified atom stereocenters. The first-order valence-electron chi connectivity index (χ1n) is 21.3. The van der Waals surface area contributed by atoms with Crippen molar-refractivity contribution in [2.24, 2.45) is 35.5 Å². The van der Waals surface area contributed by atoms with Crippen molar-refractivity contribution in [2.45, 2.75) is 73.8 Å². The summed E-state index contributed by atoms with van der Waals surface area (Å²) in [5, 5.41) is 2.44. The average molecular weight is 913 g/mol. The summed E-state index contributed by atoms with van der Waals surface area (Å²) < 4.78 is 63.9. The van der Waals surface area contributed by atoms with Crippen molar-refractivity contribution in [3.8, 4) is 0 Å². The van der Waals surface area contributed by atoms with Gasteiger partial charge in [-0.3, -0.25) is 9.59 Å². The monoisotopic (exact) mass is 912 g/mol. The number of aryl methyl sites for hydroxylation is 2. The van der Waals surface area contributed by atoms with Gasteiger partial charge in [0.25, 0.3) is 0 Å². The maximum absolute atomic E-state index is 13.4. The molecule has 0 N–H and O–H groups in total. The van der Waals surface area contributed by atoms with Gasteiger partial charge in [-0.1, -0.05) is 145 Å². The highest BCUT2D eigenvalue weighted by atomic mass is 32.2. The summed E-state index contributed by atoms with van der Waals surface area (Å²) in [6.07, 6.45) is 4.83. The van der Waals surface area contributed by atoms with Crippen LogP contribution >= 0.6 is 0 Å². The molecule has 2 fully saturated rings. The molecule has 4 aromatic carbocycles. The van der Waals surface area contributed by atoms with Gasteiger partial charge in [0.15, 0.2) is 19.7 Å². The first kappa shape index (κ1) is 48.7. The fourth-order valence-electron chi connectivity index (χ4n) is 10.5. The van der Waals surface area contributed by atoms with E-state index in [4.69, 9.17) is 9.47 Å². The number of sulfone groups is 2. The van der Waals surface area contributed by atoms with E-state index < -0.39 is 35.8 Å². The Hall–Kier alpha value is -4.37. The highest BCUT2D eigenvalue weighted by Gasteiger charge is 2.56. The van der Waals surface area contributed by atoms with Crippen LogP contribution in [0.4, 0.5) is 0 Å². The van der Waals surface area contributed by atoms with Crippen LogP contribution in [0.5, 0.6) is 0 Å². The van der Waals surface area contributed by atoms with Crippen molar-refractivity contribution in [2.75, 3.05) is 25.7 Å². The molecule has 0 saturated heterocycles. The zero-order valence-electron chi connectivity index (χ0n) is 37.5. The van der Waals surface area contributed by atoms with Crippen LogP contribution < -0.4 is 10.4 Å². The second-order valence-electron chi connectivity index (χ2n) is 18.3. The molecule has 4 aromatic rings. The van der Waals surface area contributed by atoms with Crippen LogP contribution in [0.3, 0.4) is 0 Å². The zero-order chi connectivity index (χ0) is 45.6. The van der Waals surface area contributed by atoms with Crippen LogP contribution in [0.25, 0.3) is 0 Å². The average Bonchev–Trinajstić information content (AvgIpc) is 3.82. The van der Waals surface area contributed by atoms with Gasteiger partial charge in [0.05, 0.1) is 63.5 Å². The third-order valence-corrected chi connectivity index (χ3v) is 26.1. The first-order valence-corrected chi connectivity index (χ1v) is 30.8. The third-order valence-electron chi connectivity index (χ3n) is 13.8. The molecular formula is C50H64O8S2Si2. The molecule has 2 aliphatic carbocycles. The van der Waals surface area contributed by atoms with Crippen LogP contribution in [-0.2, 0) is 38.7 Å². The molecule has 0 radical (unpaired) electrons. The maximum atomic E-state index is 13.4. The largest absolute Gasteiger partial charge is 0.469 e. The molecule has 8 nitrogen and oxygen atoms in total. The van der Waals surface area contributed by atoms with E-state index in [0.29, 0.717) is 22.6 Å². The maximum Gasteiger partial charge on any atom is 0.308 e. The van der Waals surface area contributed by atoms with Gasteiger partial charge in [0.2, 0.25) is 0 Å². The lowest BCUT2D eigenvalue weighted by atomic mass is 9.98. The van der Waals surface area contributed by atoms with Gasteiger partial charge in [0.1, 0.15) is 0 Å². The summed E-state index contributed by atoms with van der Waals surface area (Å²) in [7, 11) is -8.66. The number of esters is 2. The number of allylic oxidation sites excluding steroid dienone is 2. The molecule has 0 amide bonds. The van der Waals surface area contributed by atoms with Gasteiger partial charge in [-0.25, -0.2) is 16.8 Å². The molecule has 12 heteroatoms. The van der Waals surface area contributed by atoms with Gasteiger partial charge < -0.3 is 9.47 Å². The topological polar surface area (TPSA) is 121 Å². The second kappa shape index (κ2) is 20.0. The van der Waals surface area contributed by atoms with E-state index in [-0.39, 0.29) is 70.0 Å². The fourth-order valence-corrected chi connectivity index (χ4v) is 22.6. The van der Waals surface area contributed by atoms with Crippen molar-refractivity contribution in [3.63, 3.8) is 0 Å². The zero-order valence-corrected chi connectivity index (χ0v) is 41.1. The Morgan fingerprint density at radius 2 is 0.871 bits per heavy atom. The number of methoxy groups -OCH3 is 2. The lowest BCUT2D eigenvalue weighted by molar-refractivity contribution is -0.146. The van der Waals surface area contributed by atoms with Crippen LogP contribution in [0.15, 0.2) is 144 Å². The number of rotatable bonds is 14. The van der Waals surface area contributed by atoms with E-state index >= 15 is 0 Å². The molecular weight excluding hydrogens is 849 g/mol. The Labute approximate surface area is 372 Å². The minimum Gasteiger partial charge on any atom is -0.469 e. The van der Waals surface area contributed by atoms with Gasteiger partial charge in [0, 0.05) is 0 Å². The molecule has 0 heterocycles. The number of carbonyl (C=O) groups is 2. The number of hydrogen-bond donors (Lipinski definition) is 0. The summed E-state index contributed by atoms with van der Waals surface area (Å²) in [5.74, 6) is -1.60. The Bertz CT molecular complexity index is 2230. The van der Waals surface area contributed by atoms with Crippen molar-refractivity contribution in [3.05, 3.63) is 146 Å². The van der Waals surface area contributed by atoms with Gasteiger partial charge in [-0.05, 0) is 85.7 Å². The molecule has 0 aliphatic heterocycles. The van der Waals surface area contributed by atoms with Gasteiger partial charge in [-0.2, -0.15) is 0 Å². The number of benzene rings is 4. The third kappa shape index (κ3) is 10.5. The van der Waals surface area contributed by atoms with Crippen molar-refractivity contribution >= 4 is 58.1 Å². The minimum atomic E-state index is -3.51. The van der Waals surface area contributed by atoms with Crippen LogP contribution in [0.2, 0.25) is 37.3 Å². The normalized spacial score (nSPS) is 24.0. The van der Waals surface area contributed by atoms with Gasteiger partial charge >= 0.3 is 11.9 Å². The smallest absolute Gasteiger partial charge is 0.308 e. The first-order chi connectivity index (χ1) is 29.2.